The molecule has 14 nitrogen and oxygen atoms in total. The van der Waals surface area contributed by atoms with Gasteiger partial charge < -0.3 is 29.9 Å². The maximum atomic E-state index is 13.2. The van der Waals surface area contributed by atoms with E-state index < -0.39 is 6.04 Å². The molecular formula is C38H41Cl2N9O5S. The fraction of sp³-hybridized carbons (Fsp3) is 0.395. The number of aryl methyl sites for hydroxylation is 2. The lowest BCUT2D eigenvalue weighted by molar-refractivity contribution is -0.121. The normalized spacial score (nSPS) is 14.4. The lowest BCUT2D eigenvalue weighted by Gasteiger charge is -2.32. The Morgan fingerprint density at radius 1 is 1.07 bits per heavy atom. The van der Waals surface area contributed by atoms with Crippen LogP contribution in [0.25, 0.3) is 5.00 Å². The minimum atomic E-state index is -0.577. The number of benzene rings is 2. The minimum Gasteiger partial charge on any atom is -0.489 e. The molecule has 0 aliphatic carbocycles. The van der Waals surface area contributed by atoms with Gasteiger partial charge in [-0.3, -0.25) is 23.9 Å². The Labute approximate surface area is 333 Å². The Morgan fingerprint density at radius 3 is 2.55 bits per heavy atom. The van der Waals surface area contributed by atoms with Crippen molar-refractivity contribution in [1.29, 1.82) is 5.26 Å². The molecule has 4 aromatic rings. The van der Waals surface area contributed by atoms with Crippen LogP contribution < -0.4 is 25.2 Å². The molecule has 1 atom stereocenters. The molecule has 2 aromatic carbocycles. The molecule has 0 radical (unpaired) electrons. The number of hydrogen-bond acceptors (Lipinski definition) is 11. The molecule has 2 aromatic heterocycles. The second-order valence-corrected chi connectivity index (χ2v) is 14.8. The van der Waals surface area contributed by atoms with Gasteiger partial charge in [-0.1, -0.05) is 23.7 Å². The minimum absolute atomic E-state index is 0.0647. The third kappa shape index (κ3) is 9.11. The van der Waals surface area contributed by atoms with E-state index in [0.29, 0.717) is 42.0 Å². The number of anilines is 2. The molecule has 0 saturated heterocycles. The van der Waals surface area contributed by atoms with Crippen LogP contribution in [0.5, 0.6) is 5.75 Å². The van der Waals surface area contributed by atoms with Gasteiger partial charge in [0.25, 0.3) is 0 Å². The van der Waals surface area contributed by atoms with E-state index >= 15 is 0 Å². The topological polar surface area (TPSA) is 167 Å². The maximum absolute atomic E-state index is 13.2. The average molecular weight is 807 g/mol. The highest BCUT2D eigenvalue weighted by Gasteiger charge is 2.32. The van der Waals surface area contributed by atoms with Crippen LogP contribution in [0, 0.1) is 32.1 Å². The first-order valence-corrected chi connectivity index (χ1v) is 19.5. The molecule has 288 valence electrons. The number of nitrogens with zero attached hydrogens (tertiary/aromatic N) is 7. The number of alkyl halides is 1. The lowest BCUT2D eigenvalue weighted by Crippen LogP contribution is -2.42. The van der Waals surface area contributed by atoms with Crippen molar-refractivity contribution in [2.45, 2.75) is 39.7 Å². The maximum Gasteiger partial charge on any atom is 0.241 e. The van der Waals surface area contributed by atoms with Crippen molar-refractivity contribution >= 4 is 69.3 Å². The summed E-state index contributed by atoms with van der Waals surface area (Å²) in [5, 5.41) is 25.2. The SMILES string of the molecule is Cc1sc2c(c1C)C(c1ccc(Cl)cc1)=N[C@@H](CC(=O)NCCOCCNC(=O)CN1CCOc3cc(N(CCC#N)C(=O)CCl)ccc31)c1nnc(C)n1-2. The van der Waals surface area contributed by atoms with E-state index in [0.717, 1.165) is 38.9 Å². The molecule has 3 amide bonds. The van der Waals surface area contributed by atoms with E-state index in [2.05, 4.69) is 34.7 Å². The summed E-state index contributed by atoms with van der Waals surface area (Å²) in [6.45, 7) is 8.35. The number of amides is 3. The van der Waals surface area contributed by atoms with Gasteiger partial charge >= 0.3 is 0 Å². The lowest BCUT2D eigenvalue weighted by atomic mass is 9.99. The number of rotatable bonds is 15. The quantitative estimate of drug-likeness (QED) is 0.127. The third-order valence-corrected chi connectivity index (χ3v) is 11.0. The van der Waals surface area contributed by atoms with Gasteiger partial charge in [-0.25, -0.2) is 0 Å². The van der Waals surface area contributed by atoms with E-state index in [1.54, 1.807) is 29.5 Å². The molecule has 2 N–H and O–H groups in total. The van der Waals surface area contributed by atoms with Gasteiger partial charge in [-0.2, -0.15) is 5.26 Å². The molecule has 0 bridgehead atoms. The molecule has 0 unspecified atom stereocenters. The smallest absolute Gasteiger partial charge is 0.241 e. The predicted molar refractivity (Wildman–Crippen MR) is 212 cm³/mol. The molecule has 55 heavy (non-hydrogen) atoms. The highest BCUT2D eigenvalue weighted by Crippen LogP contribution is 2.40. The molecule has 2 aliphatic heterocycles. The number of halogens is 2. The van der Waals surface area contributed by atoms with Crippen molar-refractivity contribution in [2.75, 3.05) is 68.2 Å². The Balaban J connectivity index is 0.981. The van der Waals surface area contributed by atoms with Crippen molar-refractivity contribution < 1.29 is 23.9 Å². The second-order valence-electron chi connectivity index (χ2n) is 12.9. The Bertz CT molecular complexity index is 2130. The highest BCUT2D eigenvalue weighted by atomic mass is 35.5. The summed E-state index contributed by atoms with van der Waals surface area (Å²) in [5.74, 6) is 0.950. The first-order chi connectivity index (χ1) is 26.6. The molecular weight excluding hydrogens is 765 g/mol. The van der Waals surface area contributed by atoms with E-state index in [-0.39, 0.29) is 69.3 Å². The molecule has 4 heterocycles. The fourth-order valence-corrected chi connectivity index (χ4v) is 7.95. The summed E-state index contributed by atoms with van der Waals surface area (Å²) in [6, 6.07) is 14.3. The number of aromatic nitrogens is 3. The van der Waals surface area contributed by atoms with Crippen LogP contribution in [0.4, 0.5) is 11.4 Å². The van der Waals surface area contributed by atoms with Crippen LogP contribution >= 0.6 is 34.5 Å². The molecule has 0 fully saturated rings. The van der Waals surface area contributed by atoms with Crippen molar-refractivity contribution in [3.05, 3.63) is 80.7 Å². The van der Waals surface area contributed by atoms with Crippen LogP contribution in [-0.2, 0) is 19.1 Å². The number of carbonyl (C=O) groups excluding carboxylic acids is 3. The van der Waals surface area contributed by atoms with Crippen molar-refractivity contribution in [3.63, 3.8) is 0 Å². The number of aliphatic imine (C=N–C) groups is 1. The van der Waals surface area contributed by atoms with Gasteiger partial charge in [0.2, 0.25) is 17.7 Å². The Kier molecular flexibility index (Phi) is 13.0. The highest BCUT2D eigenvalue weighted by molar-refractivity contribution is 7.15. The van der Waals surface area contributed by atoms with Crippen LogP contribution in [0.15, 0.2) is 47.5 Å². The van der Waals surface area contributed by atoms with Gasteiger partial charge in [-0.05, 0) is 50.6 Å². The summed E-state index contributed by atoms with van der Waals surface area (Å²) in [5.41, 5.74) is 5.09. The van der Waals surface area contributed by atoms with Crippen molar-refractivity contribution in [1.82, 2.24) is 25.4 Å². The first kappa shape index (κ1) is 39.7. The summed E-state index contributed by atoms with van der Waals surface area (Å²) in [6.07, 6.45) is 0.228. The summed E-state index contributed by atoms with van der Waals surface area (Å²) in [7, 11) is 0. The zero-order chi connectivity index (χ0) is 39.1. The predicted octanol–water partition coefficient (Wildman–Crippen LogP) is 4.82. The largest absolute Gasteiger partial charge is 0.489 e. The number of nitriles is 1. The number of hydrogen-bond donors (Lipinski definition) is 2. The van der Waals surface area contributed by atoms with Crippen LogP contribution in [-0.4, -0.2) is 96.6 Å². The van der Waals surface area contributed by atoms with Crippen molar-refractivity contribution in [2.24, 2.45) is 4.99 Å². The number of fused-ring (bicyclic) bond motifs is 4. The van der Waals surface area contributed by atoms with E-state index in [4.69, 9.17) is 42.9 Å². The second kappa shape index (κ2) is 18.1. The summed E-state index contributed by atoms with van der Waals surface area (Å²) in [4.78, 5) is 48.1. The van der Waals surface area contributed by atoms with E-state index in [9.17, 15) is 14.4 Å². The Morgan fingerprint density at radius 2 is 1.82 bits per heavy atom. The van der Waals surface area contributed by atoms with Gasteiger partial charge in [0.15, 0.2) is 5.82 Å². The zero-order valence-electron chi connectivity index (χ0n) is 30.7. The van der Waals surface area contributed by atoms with Gasteiger partial charge in [0.05, 0.1) is 56.6 Å². The van der Waals surface area contributed by atoms with Gasteiger partial charge in [0, 0.05) is 52.4 Å². The average Bonchev–Trinajstić information content (AvgIpc) is 3.66. The number of ether oxygens (including phenoxy) is 2. The molecule has 0 saturated carbocycles. The van der Waals surface area contributed by atoms with E-state index in [1.807, 2.05) is 46.7 Å². The molecule has 6 rings (SSSR count). The zero-order valence-corrected chi connectivity index (χ0v) is 33.1. The molecule has 17 heteroatoms. The fourth-order valence-electron chi connectivity index (χ4n) is 6.47. The first-order valence-electron chi connectivity index (χ1n) is 17.8. The standard InChI is InChI=1S/C38H41Cl2N9O5S/c1-23-24(2)55-38-35(23)36(26-5-7-27(40)8-6-26)44-29(37-46-45-25(3)49(37)38)20-32(50)42-12-16-53-17-13-43-33(51)22-47-15-18-54-31-19-28(9-10-30(31)47)48(14-4-11-41)34(52)21-39/h5-10,19,29H,4,12-18,20-22H2,1-3H3,(H,42,50)(H,43,51)/t29-/m0/s1. The monoisotopic (exact) mass is 805 g/mol. The third-order valence-electron chi connectivity index (χ3n) is 9.28. The van der Waals surface area contributed by atoms with Crippen LogP contribution in [0.2, 0.25) is 5.02 Å². The van der Waals surface area contributed by atoms with Crippen LogP contribution in [0.3, 0.4) is 0 Å². The number of carbonyl (C=O) groups is 3. The molecule has 0 spiro atoms. The number of thiophene rings is 1. The van der Waals surface area contributed by atoms with Gasteiger partial charge in [0.1, 0.15) is 35.1 Å². The molecule has 2 aliphatic rings. The Hall–Kier alpha value is -5.01. The van der Waals surface area contributed by atoms with Crippen LogP contribution in [0.1, 0.15) is 52.1 Å². The van der Waals surface area contributed by atoms with Gasteiger partial charge in [-0.15, -0.1) is 33.1 Å². The van der Waals surface area contributed by atoms with Crippen molar-refractivity contribution in [3.8, 4) is 16.8 Å². The van der Waals surface area contributed by atoms with E-state index in [1.165, 1.54) is 9.78 Å². The summed E-state index contributed by atoms with van der Waals surface area (Å²) < 4.78 is 13.5. The number of nitrogens with one attached hydrogen (secondary N) is 2. The summed E-state index contributed by atoms with van der Waals surface area (Å²) >= 11 is 13.7.